The van der Waals surface area contributed by atoms with Gasteiger partial charge < -0.3 is 14.1 Å². The molecule has 7 heteroatoms. The van der Waals surface area contributed by atoms with E-state index in [1.807, 2.05) is 0 Å². The van der Waals surface area contributed by atoms with Gasteiger partial charge in [0.2, 0.25) is 5.91 Å². The largest absolute Gasteiger partial charge is 0.452 e. The topological polar surface area (TPSA) is 42.7 Å². The highest BCUT2D eigenvalue weighted by molar-refractivity contribution is 9.10. The first-order chi connectivity index (χ1) is 10.9. The van der Waals surface area contributed by atoms with Crippen molar-refractivity contribution in [3.05, 3.63) is 52.4 Å². The highest BCUT2D eigenvalue weighted by Gasteiger charge is 2.12. The van der Waals surface area contributed by atoms with Crippen LogP contribution in [0.1, 0.15) is 17.7 Å². The Kier molecular flexibility index (Phi) is 6.15. The standard InChI is InChI=1S/C16H16BrF2NO3/c1-20(10-13-7-8-14(17)22-13)15(21)9-4-11-2-5-12(6-3-11)23-16(18)19/h2-3,5-8,16H,4,9-10H2,1H3. The molecule has 0 aliphatic heterocycles. The van der Waals surface area contributed by atoms with Crippen LogP contribution in [0.15, 0.2) is 45.5 Å². The van der Waals surface area contributed by atoms with Crippen LogP contribution in [0.5, 0.6) is 5.75 Å². The lowest BCUT2D eigenvalue weighted by atomic mass is 10.1. The number of alkyl halides is 2. The van der Waals surface area contributed by atoms with Crippen molar-refractivity contribution in [2.45, 2.75) is 26.0 Å². The molecule has 1 aromatic heterocycles. The minimum atomic E-state index is -2.84. The van der Waals surface area contributed by atoms with Crippen LogP contribution in [0.3, 0.4) is 0 Å². The summed E-state index contributed by atoms with van der Waals surface area (Å²) in [5.41, 5.74) is 0.883. The Morgan fingerprint density at radius 1 is 1.26 bits per heavy atom. The summed E-state index contributed by atoms with van der Waals surface area (Å²) in [6, 6.07) is 9.86. The molecule has 23 heavy (non-hydrogen) atoms. The van der Waals surface area contributed by atoms with Gasteiger partial charge in [0.05, 0.1) is 6.54 Å². The van der Waals surface area contributed by atoms with Crippen LogP contribution in [0.25, 0.3) is 0 Å². The third-order valence-electron chi connectivity index (χ3n) is 3.22. The molecular formula is C16H16BrF2NO3. The van der Waals surface area contributed by atoms with E-state index >= 15 is 0 Å². The molecule has 0 unspecified atom stereocenters. The van der Waals surface area contributed by atoms with Crippen molar-refractivity contribution in [3.8, 4) is 5.75 Å². The second-order valence-electron chi connectivity index (χ2n) is 4.98. The van der Waals surface area contributed by atoms with Crippen molar-refractivity contribution in [1.29, 1.82) is 0 Å². The Balaban J connectivity index is 1.81. The molecule has 2 rings (SSSR count). The van der Waals surface area contributed by atoms with E-state index in [1.54, 1.807) is 36.2 Å². The lowest BCUT2D eigenvalue weighted by Gasteiger charge is -2.15. The van der Waals surface area contributed by atoms with Crippen molar-refractivity contribution in [3.63, 3.8) is 0 Å². The molecule has 1 amide bonds. The molecule has 2 aromatic rings. The summed E-state index contributed by atoms with van der Waals surface area (Å²) in [6.45, 7) is -2.44. The molecule has 0 fully saturated rings. The smallest absolute Gasteiger partial charge is 0.387 e. The molecule has 1 heterocycles. The molecule has 0 aliphatic rings. The lowest BCUT2D eigenvalue weighted by Crippen LogP contribution is -2.26. The first-order valence-electron chi connectivity index (χ1n) is 6.96. The van der Waals surface area contributed by atoms with Gasteiger partial charge in [-0.3, -0.25) is 4.79 Å². The third kappa shape index (κ3) is 5.67. The molecule has 0 bridgehead atoms. The van der Waals surface area contributed by atoms with Crippen LogP contribution in [-0.4, -0.2) is 24.5 Å². The molecule has 0 spiro atoms. The Morgan fingerprint density at radius 3 is 2.52 bits per heavy atom. The normalized spacial score (nSPS) is 10.8. The first kappa shape index (κ1) is 17.5. The molecule has 0 aliphatic carbocycles. The lowest BCUT2D eigenvalue weighted by molar-refractivity contribution is -0.130. The van der Waals surface area contributed by atoms with Crippen LogP contribution in [0.2, 0.25) is 0 Å². The zero-order valence-corrected chi connectivity index (χ0v) is 14.1. The van der Waals surface area contributed by atoms with Gasteiger partial charge in [0.25, 0.3) is 0 Å². The van der Waals surface area contributed by atoms with E-state index in [4.69, 9.17) is 4.42 Å². The summed E-state index contributed by atoms with van der Waals surface area (Å²) < 4.78 is 34.4. The van der Waals surface area contributed by atoms with E-state index in [1.165, 1.54) is 12.1 Å². The Labute approximate surface area is 141 Å². The predicted octanol–water partition coefficient (Wildman–Crippen LogP) is 4.23. The molecule has 0 saturated heterocycles. The Hall–Kier alpha value is -1.89. The van der Waals surface area contributed by atoms with E-state index < -0.39 is 6.61 Å². The summed E-state index contributed by atoms with van der Waals surface area (Å²) in [4.78, 5) is 13.7. The van der Waals surface area contributed by atoms with E-state index in [-0.39, 0.29) is 11.7 Å². The number of aryl methyl sites for hydroxylation is 1. The van der Waals surface area contributed by atoms with Crippen molar-refractivity contribution in [1.82, 2.24) is 4.90 Å². The fourth-order valence-electron chi connectivity index (χ4n) is 2.04. The molecule has 124 valence electrons. The fourth-order valence-corrected chi connectivity index (χ4v) is 2.38. The van der Waals surface area contributed by atoms with Gasteiger partial charge >= 0.3 is 6.61 Å². The highest BCUT2D eigenvalue weighted by atomic mass is 79.9. The number of amides is 1. The highest BCUT2D eigenvalue weighted by Crippen LogP contribution is 2.17. The number of ether oxygens (including phenoxy) is 1. The van der Waals surface area contributed by atoms with Gasteiger partial charge in [0.15, 0.2) is 4.67 Å². The van der Waals surface area contributed by atoms with Crippen LogP contribution >= 0.6 is 15.9 Å². The zero-order chi connectivity index (χ0) is 16.8. The van der Waals surface area contributed by atoms with Gasteiger partial charge in [0, 0.05) is 13.5 Å². The van der Waals surface area contributed by atoms with E-state index in [0.29, 0.717) is 29.8 Å². The second-order valence-corrected chi connectivity index (χ2v) is 5.76. The molecule has 0 N–H and O–H groups in total. The van der Waals surface area contributed by atoms with Gasteiger partial charge in [-0.1, -0.05) is 12.1 Å². The van der Waals surface area contributed by atoms with Gasteiger partial charge in [-0.2, -0.15) is 8.78 Å². The monoisotopic (exact) mass is 387 g/mol. The maximum absolute atomic E-state index is 12.1. The van der Waals surface area contributed by atoms with Crippen LogP contribution in [0.4, 0.5) is 8.78 Å². The summed E-state index contributed by atoms with van der Waals surface area (Å²) in [5, 5.41) is 0. The number of carbonyl (C=O) groups excluding carboxylic acids is 1. The Morgan fingerprint density at radius 2 is 1.96 bits per heavy atom. The van der Waals surface area contributed by atoms with Gasteiger partial charge in [0.1, 0.15) is 11.5 Å². The van der Waals surface area contributed by atoms with Crippen molar-refractivity contribution < 1.29 is 22.7 Å². The number of nitrogens with zero attached hydrogens (tertiary/aromatic N) is 1. The molecule has 0 radical (unpaired) electrons. The molecular weight excluding hydrogens is 372 g/mol. The average molecular weight is 388 g/mol. The number of benzene rings is 1. The minimum absolute atomic E-state index is 0.0228. The predicted molar refractivity (Wildman–Crippen MR) is 84.3 cm³/mol. The first-order valence-corrected chi connectivity index (χ1v) is 7.75. The van der Waals surface area contributed by atoms with Crippen LogP contribution in [0, 0.1) is 0 Å². The number of rotatable bonds is 7. The third-order valence-corrected chi connectivity index (χ3v) is 3.65. The zero-order valence-electron chi connectivity index (χ0n) is 12.5. The number of hydrogen-bond acceptors (Lipinski definition) is 3. The maximum Gasteiger partial charge on any atom is 0.387 e. The van der Waals surface area contributed by atoms with Crippen molar-refractivity contribution >= 4 is 21.8 Å². The number of furan rings is 1. The number of halogens is 3. The number of carbonyl (C=O) groups is 1. The second kappa shape index (κ2) is 8.10. The molecule has 1 aromatic carbocycles. The quantitative estimate of drug-likeness (QED) is 0.713. The molecule has 4 nitrogen and oxygen atoms in total. The maximum atomic E-state index is 12.1. The summed E-state index contributed by atoms with van der Waals surface area (Å²) in [7, 11) is 1.71. The van der Waals surface area contributed by atoms with E-state index in [9.17, 15) is 13.6 Å². The fraction of sp³-hybridized carbons (Fsp3) is 0.312. The van der Waals surface area contributed by atoms with Gasteiger partial charge in [-0.15, -0.1) is 0 Å². The Bertz CT molecular complexity index is 643. The summed E-state index contributed by atoms with van der Waals surface area (Å²) >= 11 is 3.21. The molecule has 0 saturated carbocycles. The van der Waals surface area contributed by atoms with Crippen LogP contribution in [-0.2, 0) is 17.8 Å². The van der Waals surface area contributed by atoms with Crippen molar-refractivity contribution in [2.75, 3.05) is 7.05 Å². The average Bonchev–Trinajstić information content (AvgIpc) is 2.90. The SMILES string of the molecule is CN(Cc1ccc(Br)o1)C(=O)CCc1ccc(OC(F)F)cc1. The summed E-state index contributed by atoms with van der Waals surface area (Å²) in [6.07, 6.45) is 0.855. The van der Waals surface area contributed by atoms with E-state index in [2.05, 4.69) is 20.7 Å². The van der Waals surface area contributed by atoms with Crippen molar-refractivity contribution in [2.24, 2.45) is 0 Å². The van der Waals surface area contributed by atoms with E-state index in [0.717, 1.165) is 5.56 Å². The molecule has 0 atom stereocenters. The summed E-state index contributed by atoms with van der Waals surface area (Å²) in [5.74, 6) is 0.780. The van der Waals surface area contributed by atoms with Gasteiger partial charge in [-0.05, 0) is 52.2 Å². The minimum Gasteiger partial charge on any atom is -0.452 e. The number of hydrogen-bond donors (Lipinski definition) is 0. The van der Waals surface area contributed by atoms with Crippen LogP contribution < -0.4 is 4.74 Å². The van der Waals surface area contributed by atoms with Gasteiger partial charge in [-0.25, -0.2) is 0 Å².